The molecule has 0 aliphatic rings. The van der Waals surface area contributed by atoms with E-state index in [1.54, 1.807) is 29.8 Å². The summed E-state index contributed by atoms with van der Waals surface area (Å²) >= 11 is 0. The molecule has 2 N–H and O–H groups in total. The molecule has 0 fully saturated rings. The van der Waals surface area contributed by atoms with Crippen molar-refractivity contribution in [1.29, 1.82) is 0 Å². The summed E-state index contributed by atoms with van der Waals surface area (Å²) < 4.78 is 7.53. The van der Waals surface area contributed by atoms with E-state index in [0.29, 0.717) is 34.2 Å². The molecule has 4 rings (SSSR count). The number of aromatic nitrogens is 3. The molecule has 168 valence electrons. The number of benzene rings is 2. The highest BCUT2D eigenvalue weighted by atomic mass is 16.4. The minimum Gasteiger partial charge on any atom is -0.441 e. The van der Waals surface area contributed by atoms with Crippen LogP contribution in [0.5, 0.6) is 0 Å². The van der Waals surface area contributed by atoms with Gasteiger partial charge in [0.25, 0.3) is 5.91 Å². The van der Waals surface area contributed by atoms with E-state index in [0.717, 1.165) is 11.4 Å². The Morgan fingerprint density at radius 2 is 1.73 bits per heavy atom. The first-order chi connectivity index (χ1) is 15.9. The van der Waals surface area contributed by atoms with Crippen LogP contribution in [0.25, 0.3) is 11.5 Å². The Bertz CT molecular complexity index is 1290. The molecule has 0 aliphatic heterocycles. The molecule has 0 saturated carbocycles. The van der Waals surface area contributed by atoms with Crippen molar-refractivity contribution in [1.82, 2.24) is 20.1 Å². The van der Waals surface area contributed by atoms with Gasteiger partial charge in [0.15, 0.2) is 0 Å². The summed E-state index contributed by atoms with van der Waals surface area (Å²) in [5.41, 5.74) is 4.22. The first-order valence-electron chi connectivity index (χ1n) is 10.6. The Balaban J connectivity index is 1.46. The number of carbonyl (C=O) groups excluding carboxylic acids is 2. The zero-order chi connectivity index (χ0) is 23.4. The summed E-state index contributed by atoms with van der Waals surface area (Å²) in [7, 11) is 0. The largest absolute Gasteiger partial charge is 0.441 e. The van der Waals surface area contributed by atoms with Crippen molar-refractivity contribution in [3.05, 3.63) is 89.1 Å². The van der Waals surface area contributed by atoms with Crippen LogP contribution in [0.3, 0.4) is 0 Å². The zero-order valence-corrected chi connectivity index (χ0v) is 18.8. The summed E-state index contributed by atoms with van der Waals surface area (Å²) in [6, 6.07) is 18.2. The number of hydrogen-bond acceptors (Lipinski definition) is 5. The van der Waals surface area contributed by atoms with Crippen LogP contribution >= 0.6 is 0 Å². The van der Waals surface area contributed by atoms with Gasteiger partial charge in [-0.25, -0.2) is 4.98 Å². The van der Waals surface area contributed by atoms with E-state index in [2.05, 4.69) is 20.7 Å². The fourth-order valence-electron chi connectivity index (χ4n) is 3.48. The number of aryl methyl sites for hydroxylation is 3. The zero-order valence-electron chi connectivity index (χ0n) is 18.8. The average Bonchev–Trinajstić information content (AvgIpc) is 3.33. The molecule has 8 nitrogen and oxygen atoms in total. The van der Waals surface area contributed by atoms with Crippen molar-refractivity contribution in [2.24, 2.45) is 0 Å². The van der Waals surface area contributed by atoms with Crippen LogP contribution in [0.2, 0.25) is 0 Å². The normalized spacial score (nSPS) is 10.8. The van der Waals surface area contributed by atoms with Crippen LogP contribution < -0.4 is 10.6 Å². The quantitative estimate of drug-likeness (QED) is 0.449. The van der Waals surface area contributed by atoms with Crippen molar-refractivity contribution < 1.29 is 14.0 Å². The molecule has 2 aromatic heterocycles. The fourth-order valence-corrected chi connectivity index (χ4v) is 3.48. The minimum atomic E-state index is -0.219. The number of para-hydroxylation sites is 1. The van der Waals surface area contributed by atoms with Crippen LogP contribution in [-0.2, 0) is 17.9 Å². The van der Waals surface area contributed by atoms with Crippen LogP contribution in [-0.4, -0.2) is 26.6 Å². The van der Waals surface area contributed by atoms with Crippen molar-refractivity contribution in [2.45, 2.75) is 33.9 Å². The maximum Gasteiger partial charge on any atom is 0.255 e. The van der Waals surface area contributed by atoms with E-state index in [4.69, 9.17) is 4.42 Å². The highest BCUT2D eigenvalue weighted by Gasteiger charge is 2.17. The predicted molar refractivity (Wildman–Crippen MR) is 125 cm³/mol. The van der Waals surface area contributed by atoms with Gasteiger partial charge in [-0.05, 0) is 51.1 Å². The lowest BCUT2D eigenvalue weighted by molar-refractivity contribution is -0.122. The second-order valence-electron chi connectivity index (χ2n) is 7.75. The van der Waals surface area contributed by atoms with Crippen LogP contribution in [0.1, 0.15) is 33.2 Å². The van der Waals surface area contributed by atoms with E-state index in [9.17, 15) is 9.59 Å². The Morgan fingerprint density at radius 3 is 2.45 bits per heavy atom. The minimum absolute atomic E-state index is 0.137. The SMILES string of the molecule is Cc1cc(C)n(CC(=O)NCc2nc(-c3ccccc3NC(=O)c3ccccc3)oc2C)n1. The Labute approximate surface area is 191 Å². The summed E-state index contributed by atoms with van der Waals surface area (Å²) in [5.74, 6) is 0.587. The van der Waals surface area contributed by atoms with Gasteiger partial charge in [-0.15, -0.1) is 0 Å². The second-order valence-corrected chi connectivity index (χ2v) is 7.75. The third-order valence-corrected chi connectivity index (χ3v) is 5.18. The van der Waals surface area contributed by atoms with Crippen molar-refractivity contribution in [2.75, 3.05) is 5.32 Å². The van der Waals surface area contributed by atoms with E-state index < -0.39 is 0 Å². The van der Waals surface area contributed by atoms with E-state index in [1.807, 2.05) is 56.3 Å². The lowest BCUT2D eigenvalue weighted by Crippen LogP contribution is -2.28. The van der Waals surface area contributed by atoms with Crippen molar-refractivity contribution in [3.8, 4) is 11.5 Å². The highest BCUT2D eigenvalue weighted by Crippen LogP contribution is 2.29. The number of oxazole rings is 1. The van der Waals surface area contributed by atoms with E-state index >= 15 is 0 Å². The molecule has 0 spiro atoms. The molecule has 2 heterocycles. The summed E-state index contributed by atoms with van der Waals surface area (Å²) in [5, 5.41) is 10.1. The fraction of sp³-hybridized carbons (Fsp3) is 0.200. The second kappa shape index (κ2) is 9.52. The number of anilines is 1. The molecule has 8 heteroatoms. The number of nitrogens with one attached hydrogen (secondary N) is 2. The summed E-state index contributed by atoms with van der Waals surface area (Å²) in [4.78, 5) is 29.5. The van der Waals surface area contributed by atoms with Gasteiger partial charge in [-0.2, -0.15) is 5.10 Å². The molecule has 33 heavy (non-hydrogen) atoms. The van der Waals surface area contributed by atoms with Gasteiger partial charge >= 0.3 is 0 Å². The van der Waals surface area contributed by atoms with Gasteiger partial charge in [0.05, 0.1) is 23.5 Å². The average molecular weight is 444 g/mol. The number of nitrogens with zero attached hydrogens (tertiary/aromatic N) is 3. The number of carbonyl (C=O) groups is 2. The lowest BCUT2D eigenvalue weighted by Gasteiger charge is -2.09. The van der Waals surface area contributed by atoms with Gasteiger partial charge < -0.3 is 15.1 Å². The Kier molecular flexibility index (Phi) is 6.35. The van der Waals surface area contributed by atoms with Crippen molar-refractivity contribution in [3.63, 3.8) is 0 Å². The maximum atomic E-state index is 12.6. The van der Waals surface area contributed by atoms with Crippen LogP contribution in [0.4, 0.5) is 5.69 Å². The molecule has 0 bridgehead atoms. The maximum absolute atomic E-state index is 12.6. The highest BCUT2D eigenvalue weighted by molar-refractivity contribution is 6.05. The van der Waals surface area contributed by atoms with Gasteiger partial charge in [0, 0.05) is 11.3 Å². The summed E-state index contributed by atoms with van der Waals surface area (Å²) in [6.07, 6.45) is 0. The number of rotatable bonds is 7. The van der Waals surface area contributed by atoms with Crippen molar-refractivity contribution >= 4 is 17.5 Å². The first kappa shape index (κ1) is 22.0. The molecule has 2 amide bonds. The van der Waals surface area contributed by atoms with Crippen LogP contribution in [0, 0.1) is 20.8 Å². The Hall–Kier alpha value is -4.20. The first-order valence-corrected chi connectivity index (χ1v) is 10.6. The van der Waals surface area contributed by atoms with Crippen LogP contribution in [0.15, 0.2) is 65.1 Å². The monoisotopic (exact) mass is 443 g/mol. The molecular weight excluding hydrogens is 418 g/mol. The number of amides is 2. The standard InChI is InChI=1S/C25H25N5O3/c1-16-13-17(2)30(29-16)15-23(31)26-14-22-18(3)33-25(28-22)20-11-7-8-12-21(20)27-24(32)19-9-5-4-6-10-19/h4-13H,14-15H2,1-3H3,(H,26,31)(H,27,32). The third kappa shape index (κ3) is 5.17. The molecule has 0 unspecified atom stereocenters. The topological polar surface area (TPSA) is 102 Å². The molecule has 0 atom stereocenters. The van der Waals surface area contributed by atoms with Gasteiger partial charge in [0.1, 0.15) is 18.0 Å². The van der Waals surface area contributed by atoms with E-state index in [1.165, 1.54) is 0 Å². The molecular formula is C25H25N5O3. The Morgan fingerprint density at radius 1 is 1.00 bits per heavy atom. The smallest absolute Gasteiger partial charge is 0.255 e. The van der Waals surface area contributed by atoms with Gasteiger partial charge in [0.2, 0.25) is 11.8 Å². The molecule has 0 aliphatic carbocycles. The van der Waals surface area contributed by atoms with E-state index in [-0.39, 0.29) is 24.9 Å². The summed E-state index contributed by atoms with van der Waals surface area (Å²) in [6.45, 7) is 5.96. The molecule has 0 radical (unpaired) electrons. The van der Waals surface area contributed by atoms with Gasteiger partial charge in [-0.1, -0.05) is 30.3 Å². The predicted octanol–water partition coefficient (Wildman–Crippen LogP) is 4.03. The molecule has 2 aromatic carbocycles. The lowest BCUT2D eigenvalue weighted by atomic mass is 10.1. The molecule has 4 aromatic rings. The van der Waals surface area contributed by atoms with Gasteiger partial charge in [-0.3, -0.25) is 14.3 Å². The number of hydrogen-bond donors (Lipinski definition) is 2. The third-order valence-electron chi connectivity index (χ3n) is 5.18. The molecule has 0 saturated heterocycles.